The van der Waals surface area contributed by atoms with E-state index in [0.717, 1.165) is 49.3 Å². The number of benzene rings is 1. The average molecular weight is 292 g/mol. The molecular formula is C17H25FN2O. The molecule has 0 saturated carbocycles. The summed E-state index contributed by atoms with van der Waals surface area (Å²) in [5, 5.41) is 4.29. The molecule has 0 saturated heterocycles. The normalized spacial score (nSPS) is 13.2. The van der Waals surface area contributed by atoms with Crippen molar-refractivity contribution in [3.63, 3.8) is 0 Å². The zero-order valence-electron chi connectivity index (χ0n) is 13.2. The monoisotopic (exact) mass is 292 g/mol. The molecule has 0 aliphatic carbocycles. The number of fused-ring (bicyclic) bond motifs is 1. The zero-order valence-corrected chi connectivity index (χ0v) is 13.2. The molecular weight excluding hydrogens is 267 g/mol. The molecule has 116 valence electrons. The second-order valence-corrected chi connectivity index (χ2v) is 5.26. The molecule has 1 heterocycles. The van der Waals surface area contributed by atoms with Gasteiger partial charge in [-0.05, 0) is 50.3 Å². The first-order chi connectivity index (χ1) is 10.2. The van der Waals surface area contributed by atoms with Gasteiger partial charge in [-0.1, -0.05) is 20.8 Å². The molecule has 3 nitrogen and oxygen atoms in total. The topological polar surface area (TPSA) is 28.4 Å². The van der Waals surface area contributed by atoms with E-state index in [2.05, 4.69) is 31.0 Å². The highest BCUT2D eigenvalue weighted by atomic mass is 19.1. The Labute approximate surface area is 126 Å². The number of furan rings is 1. The van der Waals surface area contributed by atoms with Gasteiger partial charge >= 0.3 is 0 Å². The molecule has 2 aromatic rings. The number of hydrogen-bond donors (Lipinski definition) is 1. The van der Waals surface area contributed by atoms with Crippen molar-refractivity contribution in [2.45, 2.75) is 33.2 Å². The molecule has 0 radical (unpaired) electrons. The van der Waals surface area contributed by atoms with Gasteiger partial charge in [-0.15, -0.1) is 0 Å². The smallest absolute Gasteiger partial charge is 0.134 e. The fourth-order valence-electron chi connectivity index (χ4n) is 2.65. The summed E-state index contributed by atoms with van der Waals surface area (Å²) in [5.74, 6) is 0.669. The molecule has 1 atom stereocenters. The van der Waals surface area contributed by atoms with Crippen LogP contribution in [0.2, 0.25) is 0 Å². The van der Waals surface area contributed by atoms with E-state index in [0.29, 0.717) is 0 Å². The molecule has 1 aromatic heterocycles. The van der Waals surface area contributed by atoms with E-state index in [1.54, 1.807) is 6.07 Å². The lowest BCUT2D eigenvalue weighted by Gasteiger charge is -2.22. The van der Waals surface area contributed by atoms with Gasteiger partial charge in [-0.25, -0.2) is 4.39 Å². The van der Waals surface area contributed by atoms with Gasteiger partial charge in [-0.2, -0.15) is 0 Å². The third kappa shape index (κ3) is 4.05. The molecule has 4 heteroatoms. The molecule has 21 heavy (non-hydrogen) atoms. The summed E-state index contributed by atoms with van der Waals surface area (Å²) in [4.78, 5) is 2.40. The van der Waals surface area contributed by atoms with E-state index in [4.69, 9.17) is 4.42 Å². The van der Waals surface area contributed by atoms with Crippen LogP contribution in [0.4, 0.5) is 4.39 Å². The summed E-state index contributed by atoms with van der Waals surface area (Å²) < 4.78 is 19.2. The number of nitrogens with one attached hydrogen (secondary N) is 1. The van der Waals surface area contributed by atoms with Gasteiger partial charge in [0.25, 0.3) is 0 Å². The van der Waals surface area contributed by atoms with Crippen LogP contribution in [0.3, 0.4) is 0 Å². The maximum absolute atomic E-state index is 13.3. The number of hydrogen-bond acceptors (Lipinski definition) is 3. The van der Waals surface area contributed by atoms with Crippen LogP contribution in [0.1, 0.15) is 39.0 Å². The molecule has 1 unspecified atom stereocenters. The molecule has 0 bridgehead atoms. The highest BCUT2D eigenvalue weighted by Gasteiger charge is 2.16. The minimum atomic E-state index is -0.224. The van der Waals surface area contributed by atoms with Crippen LogP contribution < -0.4 is 5.32 Å². The van der Waals surface area contributed by atoms with Crippen LogP contribution in [0, 0.1) is 5.82 Å². The van der Waals surface area contributed by atoms with Gasteiger partial charge in [0, 0.05) is 11.9 Å². The first-order valence-electron chi connectivity index (χ1n) is 7.82. The lowest BCUT2D eigenvalue weighted by Crippen LogP contribution is -2.29. The van der Waals surface area contributed by atoms with Crippen LogP contribution >= 0.6 is 0 Å². The predicted molar refractivity (Wildman–Crippen MR) is 85.0 cm³/mol. The summed E-state index contributed by atoms with van der Waals surface area (Å²) in [6.07, 6.45) is 0.984. The minimum absolute atomic E-state index is 0.172. The summed E-state index contributed by atoms with van der Waals surface area (Å²) in [7, 11) is 0. The Morgan fingerprint density at radius 3 is 2.62 bits per heavy atom. The van der Waals surface area contributed by atoms with Crippen molar-refractivity contribution in [2.75, 3.05) is 26.2 Å². The molecule has 1 aromatic carbocycles. The fraction of sp³-hybridized carbons (Fsp3) is 0.529. The highest BCUT2D eigenvalue weighted by molar-refractivity contribution is 5.78. The third-order valence-corrected chi connectivity index (χ3v) is 3.92. The van der Waals surface area contributed by atoms with E-state index in [1.165, 1.54) is 12.1 Å². The quantitative estimate of drug-likeness (QED) is 0.798. The highest BCUT2D eigenvalue weighted by Crippen LogP contribution is 2.26. The van der Waals surface area contributed by atoms with Crippen molar-refractivity contribution >= 4 is 11.0 Å². The van der Waals surface area contributed by atoms with E-state index in [1.807, 2.05) is 6.07 Å². The first-order valence-corrected chi connectivity index (χ1v) is 7.82. The number of halogens is 1. The van der Waals surface area contributed by atoms with E-state index in [9.17, 15) is 4.39 Å². The maximum Gasteiger partial charge on any atom is 0.134 e. The lowest BCUT2D eigenvalue weighted by atomic mass is 10.1. The number of rotatable bonds is 8. The van der Waals surface area contributed by atoms with Crippen molar-refractivity contribution in [1.82, 2.24) is 10.2 Å². The first kappa shape index (κ1) is 16.0. The Bertz CT molecular complexity index is 563. The van der Waals surface area contributed by atoms with Crippen LogP contribution in [-0.2, 0) is 0 Å². The van der Waals surface area contributed by atoms with Crippen LogP contribution in [0.15, 0.2) is 28.7 Å². The number of nitrogens with zero attached hydrogens (tertiary/aromatic N) is 1. The Hall–Kier alpha value is -1.39. The van der Waals surface area contributed by atoms with E-state index in [-0.39, 0.29) is 11.9 Å². The zero-order chi connectivity index (χ0) is 15.2. The molecule has 1 N–H and O–H groups in total. The van der Waals surface area contributed by atoms with Crippen molar-refractivity contribution in [3.8, 4) is 0 Å². The summed E-state index contributed by atoms with van der Waals surface area (Å²) in [6.45, 7) is 10.5. The second-order valence-electron chi connectivity index (χ2n) is 5.26. The lowest BCUT2D eigenvalue weighted by molar-refractivity contribution is 0.274. The fourth-order valence-corrected chi connectivity index (χ4v) is 2.65. The molecule has 0 fully saturated rings. The Kier molecular flexibility index (Phi) is 5.76. The minimum Gasteiger partial charge on any atom is -0.459 e. The van der Waals surface area contributed by atoms with Gasteiger partial charge < -0.3 is 14.6 Å². The van der Waals surface area contributed by atoms with Crippen LogP contribution in [-0.4, -0.2) is 31.1 Å². The van der Waals surface area contributed by atoms with Gasteiger partial charge in [0.15, 0.2) is 0 Å². The molecule has 0 aliphatic heterocycles. The molecule has 0 aliphatic rings. The summed E-state index contributed by atoms with van der Waals surface area (Å²) in [6, 6.07) is 6.78. The molecule has 0 amide bonds. The Morgan fingerprint density at radius 1 is 1.19 bits per heavy atom. The SMILES string of the molecule is CCNC(CCN(CC)CC)c1cc2cc(F)ccc2o1. The average Bonchev–Trinajstić information content (AvgIpc) is 2.89. The Balaban J connectivity index is 2.15. The maximum atomic E-state index is 13.3. The largest absolute Gasteiger partial charge is 0.459 e. The van der Waals surface area contributed by atoms with E-state index < -0.39 is 0 Å². The predicted octanol–water partition coefficient (Wildman–Crippen LogP) is 3.95. The van der Waals surface area contributed by atoms with Gasteiger partial charge in [-0.3, -0.25) is 0 Å². The summed E-state index contributed by atoms with van der Waals surface area (Å²) in [5.41, 5.74) is 0.747. The van der Waals surface area contributed by atoms with Crippen molar-refractivity contribution < 1.29 is 8.81 Å². The van der Waals surface area contributed by atoms with E-state index >= 15 is 0 Å². The molecule has 0 spiro atoms. The van der Waals surface area contributed by atoms with Crippen molar-refractivity contribution in [3.05, 3.63) is 35.8 Å². The van der Waals surface area contributed by atoms with Gasteiger partial charge in [0.1, 0.15) is 17.2 Å². The van der Waals surface area contributed by atoms with Crippen LogP contribution in [0.25, 0.3) is 11.0 Å². The van der Waals surface area contributed by atoms with Crippen molar-refractivity contribution in [1.29, 1.82) is 0 Å². The second kappa shape index (κ2) is 7.57. The van der Waals surface area contributed by atoms with Gasteiger partial charge in [0.2, 0.25) is 0 Å². The van der Waals surface area contributed by atoms with Crippen LogP contribution in [0.5, 0.6) is 0 Å². The molecule has 2 rings (SSSR count). The Morgan fingerprint density at radius 2 is 1.95 bits per heavy atom. The van der Waals surface area contributed by atoms with Gasteiger partial charge in [0.05, 0.1) is 6.04 Å². The van der Waals surface area contributed by atoms with Crippen molar-refractivity contribution in [2.24, 2.45) is 0 Å². The third-order valence-electron chi connectivity index (χ3n) is 3.92. The standard InChI is InChI=1S/C17H25FN2O/c1-4-19-15(9-10-20(5-2)6-3)17-12-13-11-14(18)7-8-16(13)21-17/h7-8,11-12,15,19H,4-6,9-10H2,1-3H3. The summed E-state index contributed by atoms with van der Waals surface area (Å²) >= 11 is 0.